The Balaban J connectivity index is 2.25. The van der Waals surface area contributed by atoms with Gasteiger partial charge in [0.05, 0.1) is 12.1 Å². The summed E-state index contributed by atoms with van der Waals surface area (Å²) in [6, 6.07) is 2.75. The van der Waals surface area contributed by atoms with Crippen LogP contribution in [-0.2, 0) is 6.42 Å². The number of nitrogens with one attached hydrogen (secondary N) is 1. The number of benzene rings is 1. The third-order valence-corrected chi connectivity index (χ3v) is 4.36. The molecule has 0 aromatic heterocycles. The molecule has 3 heteroatoms. The van der Waals surface area contributed by atoms with Gasteiger partial charge in [0.15, 0.2) is 0 Å². The van der Waals surface area contributed by atoms with E-state index in [4.69, 9.17) is 16.3 Å². The Morgan fingerprint density at radius 1 is 1.39 bits per heavy atom. The number of halogens is 1. The van der Waals surface area contributed by atoms with E-state index in [1.54, 1.807) is 7.11 Å². The molecule has 1 unspecified atom stereocenters. The molecule has 0 amide bonds. The van der Waals surface area contributed by atoms with Crippen LogP contribution in [0.15, 0.2) is 6.07 Å². The van der Waals surface area contributed by atoms with Crippen molar-refractivity contribution >= 4 is 11.6 Å². The number of aryl methyl sites for hydroxylation is 1. The van der Waals surface area contributed by atoms with Crippen LogP contribution in [0.2, 0.25) is 5.02 Å². The first kappa shape index (κ1) is 13.7. The van der Waals surface area contributed by atoms with Gasteiger partial charge < -0.3 is 10.1 Å². The van der Waals surface area contributed by atoms with Crippen LogP contribution in [0.5, 0.6) is 5.75 Å². The second-order valence-electron chi connectivity index (χ2n) is 5.18. The summed E-state index contributed by atoms with van der Waals surface area (Å²) in [5.74, 6) is 0.956. The summed E-state index contributed by atoms with van der Waals surface area (Å²) in [7, 11) is 1.73. The first-order valence-corrected chi connectivity index (χ1v) is 7.07. The Bertz CT molecular complexity index is 425. The van der Waals surface area contributed by atoms with Crippen molar-refractivity contribution < 1.29 is 4.74 Å². The molecule has 1 N–H and O–H groups in total. The summed E-state index contributed by atoms with van der Waals surface area (Å²) in [6.45, 7) is 5.23. The van der Waals surface area contributed by atoms with Crippen molar-refractivity contribution in [2.45, 2.75) is 45.6 Å². The quantitative estimate of drug-likeness (QED) is 0.903. The Kier molecular flexibility index (Phi) is 4.52. The molecule has 1 aromatic rings. The van der Waals surface area contributed by atoms with Gasteiger partial charge in [0.1, 0.15) is 5.75 Å². The van der Waals surface area contributed by atoms with E-state index in [0.29, 0.717) is 6.04 Å². The van der Waals surface area contributed by atoms with Crippen LogP contribution in [0.25, 0.3) is 0 Å². The minimum Gasteiger partial charge on any atom is -0.496 e. The maximum absolute atomic E-state index is 6.28. The van der Waals surface area contributed by atoms with Crippen LogP contribution in [-0.4, -0.2) is 19.7 Å². The van der Waals surface area contributed by atoms with Crippen LogP contribution < -0.4 is 10.1 Å². The van der Waals surface area contributed by atoms with Gasteiger partial charge in [-0.3, -0.25) is 0 Å². The number of rotatable bonds is 3. The highest BCUT2D eigenvalue weighted by Crippen LogP contribution is 2.33. The highest BCUT2D eigenvalue weighted by molar-refractivity contribution is 6.32. The maximum Gasteiger partial charge on any atom is 0.126 e. The fourth-order valence-electron chi connectivity index (χ4n) is 2.83. The molecule has 2 rings (SSSR count). The minimum absolute atomic E-state index is 0.577. The van der Waals surface area contributed by atoms with Gasteiger partial charge in [0, 0.05) is 11.6 Å². The lowest BCUT2D eigenvalue weighted by Gasteiger charge is -2.25. The standard InChI is InChI=1S/C15H22ClNO/c1-10-8-12(9-13-6-4-5-7-17-13)15(18-3)11(2)14(10)16/h8,13,17H,4-7,9H2,1-3H3. The molecule has 18 heavy (non-hydrogen) atoms. The van der Waals surface area contributed by atoms with E-state index in [0.717, 1.165) is 34.9 Å². The van der Waals surface area contributed by atoms with Gasteiger partial charge in [-0.2, -0.15) is 0 Å². The van der Waals surface area contributed by atoms with Crippen LogP contribution in [0, 0.1) is 13.8 Å². The van der Waals surface area contributed by atoms with Crippen molar-refractivity contribution in [3.8, 4) is 5.75 Å². The van der Waals surface area contributed by atoms with E-state index < -0.39 is 0 Å². The van der Waals surface area contributed by atoms with Crippen LogP contribution >= 0.6 is 11.6 Å². The summed E-state index contributed by atoms with van der Waals surface area (Å²) in [4.78, 5) is 0. The predicted molar refractivity (Wildman–Crippen MR) is 76.8 cm³/mol. The van der Waals surface area contributed by atoms with E-state index in [1.165, 1.54) is 24.8 Å². The molecule has 1 aliphatic heterocycles. The first-order valence-electron chi connectivity index (χ1n) is 6.69. The highest BCUT2D eigenvalue weighted by Gasteiger charge is 2.18. The normalized spacial score (nSPS) is 19.9. The van der Waals surface area contributed by atoms with Gasteiger partial charge in [-0.1, -0.05) is 24.1 Å². The van der Waals surface area contributed by atoms with E-state index in [9.17, 15) is 0 Å². The molecule has 1 atom stereocenters. The Hall–Kier alpha value is -0.730. The maximum atomic E-state index is 6.28. The second kappa shape index (κ2) is 5.94. The van der Waals surface area contributed by atoms with Gasteiger partial charge in [-0.05, 0) is 50.8 Å². The van der Waals surface area contributed by atoms with Crippen molar-refractivity contribution in [3.63, 3.8) is 0 Å². The molecule has 0 bridgehead atoms. The third kappa shape index (κ3) is 2.81. The third-order valence-electron chi connectivity index (χ3n) is 3.78. The minimum atomic E-state index is 0.577. The molecule has 0 saturated carbocycles. The molecule has 1 aliphatic rings. The number of piperidine rings is 1. The molecule has 1 saturated heterocycles. The zero-order valence-corrected chi connectivity index (χ0v) is 12.2. The zero-order valence-electron chi connectivity index (χ0n) is 11.5. The summed E-state index contributed by atoms with van der Waals surface area (Å²) in [5, 5.41) is 4.41. The van der Waals surface area contributed by atoms with Crippen molar-refractivity contribution in [1.29, 1.82) is 0 Å². The smallest absolute Gasteiger partial charge is 0.126 e. The average Bonchev–Trinajstić information content (AvgIpc) is 2.38. The first-order chi connectivity index (χ1) is 8.63. The van der Waals surface area contributed by atoms with Crippen molar-refractivity contribution in [2.75, 3.05) is 13.7 Å². The van der Waals surface area contributed by atoms with Crippen LogP contribution in [0.3, 0.4) is 0 Å². The summed E-state index contributed by atoms with van der Waals surface area (Å²) in [5.41, 5.74) is 3.47. The molecule has 2 nitrogen and oxygen atoms in total. The SMILES string of the molecule is COc1c(CC2CCCCN2)cc(C)c(Cl)c1C. The van der Waals surface area contributed by atoms with E-state index in [-0.39, 0.29) is 0 Å². The lowest BCUT2D eigenvalue weighted by Crippen LogP contribution is -2.35. The van der Waals surface area contributed by atoms with Gasteiger partial charge in [0.2, 0.25) is 0 Å². The summed E-state index contributed by atoms with van der Waals surface area (Å²) >= 11 is 6.28. The molecule has 100 valence electrons. The molecule has 0 aliphatic carbocycles. The number of hydrogen-bond acceptors (Lipinski definition) is 2. The van der Waals surface area contributed by atoms with Crippen molar-refractivity contribution in [3.05, 3.63) is 27.8 Å². The summed E-state index contributed by atoms with van der Waals surface area (Å²) in [6.07, 6.45) is 4.91. The lowest BCUT2D eigenvalue weighted by molar-refractivity contribution is 0.380. The fraction of sp³-hybridized carbons (Fsp3) is 0.600. The molecule has 1 fully saturated rings. The lowest BCUT2D eigenvalue weighted by atomic mass is 9.95. The number of hydrogen-bond donors (Lipinski definition) is 1. The van der Waals surface area contributed by atoms with E-state index in [1.807, 2.05) is 6.92 Å². The van der Waals surface area contributed by atoms with Crippen LogP contribution in [0.1, 0.15) is 36.0 Å². The number of methoxy groups -OCH3 is 1. The monoisotopic (exact) mass is 267 g/mol. The zero-order chi connectivity index (χ0) is 13.1. The second-order valence-corrected chi connectivity index (χ2v) is 5.55. The largest absolute Gasteiger partial charge is 0.496 e. The topological polar surface area (TPSA) is 21.3 Å². The Labute approximate surface area is 115 Å². The van der Waals surface area contributed by atoms with Crippen molar-refractivity contribution in [2.24, 2.45) is 0 Å². The van der Waals surface area contributed by atoms with Crippen LogP contribution in [0.4, 0.5) is 0 Å². The van der Waals surface area contributed by atoms with E-state index in [2.05, 4.69) is 18.3 Å². The van der Waals surface area contributed by atoms with Gasteiger partial charge in [-0.15, -0.1) is 0 Å². The molecular weight excluding hydrogens is 246 g/mol. The van der Waals surface area contributed by atoms with Gasteiger partial charge >= 0.3 is 0 Å². The molecular formula is C15H22ClNO. The fourth-order valence-corrected chi connectivity index (χ4v) is 2.97. The highest BCUT2D eigenvalue weighted by atomic mass is 35.5. The van der Waals surface area contributed by atoms with Gasteiger partial charge in [0.25, 0.3) is 0 Å². The predicted octanol–water partition coefficient (Wildman–Crippen LogP) is 3.65. The Morgan fingerprint density at radius 2 is 2.17 bits per heavy atom. The Morgan fingerprint density at radius 3 is 2.78 bits per heavy atom. The molecule has 0 spiro atoms. The number of ether oxygens (including phenoxy) is 1. The van der Waals surface area contributed by atoms with Crippen molar-refractivity contribution in [1.82, 2.24) is 5.32 Å². The summed E-state index contributed by atoms with van der Waals surface area (Å²) < 4.78 is 5.54. The van der Waals surface area contributed by atoms with E-state index >= 15 is 0 Å². The van der Waals surface area contributed by atoms with Gasteiger partial charge in [-0.25, -0.2) is 0 Å². The molecule has 1 aromatic carbocycles. The molecule has 1 heterocycles. The molecule has 0 radical (unpaired) electrons. The average molecular weight is 268 g/mol.